The molecule has 1 heterocycles. The van der Waals surface area contributed by atoms with Crippen LogP contribution in [0.1, 0.15) is 11.1 Å². The number of hydrogen-bond donors (Lipinski definition) is 2. The molecule has 7 heteroatoms. The highest BCUT2D eigenvalue weighted by molar-refractivity contribution is 9.10. The number of hydrogen-bond acceptors (Lipinski definition) is 4. The van der Waals surface area contributed by atoms with Crippen LogP contribution in [-0.2, 0) is 17.3 Å². The minimum absolute atomic E-state index is 0.0199. The number of carbonyl (C=O) groups is 1. The maximum atomic E-state index is 13.9. The van der Waals surface area contributed by atoms with Gasteiger partial charge >= 0.3 is 5.92 Å². The first-order chi connectivity index (χ1) is 9.78. The molecule has 0 unspecified atom stereocenters. The summed E-state index contributed by atoms with van der Waals surface area (Å²) >= 11 is 3.00. The van der Waals surface area contributed by atoms with E-state index in [2.05, 4.69) is 20.8 Å². The highest BCUT2D eigenvalue weighted by Crippen LogP contribution is 2.40. The highest BCUT2D eigenvalue weighted by Gasteiger charge is 2.54. The van der Waals surface area contributed by atoms with Crippen molar-refractivity contribution >= 4 is 22.2 Å². The maximum absolute atomic E-state index is 13.9. The van der Waals surface area contributed by atoms with Crippen molar-refractivity contribution in [2.45, 2.75) is 18.3 Å². The predicted octanol–water partition coefficient (Wildman–Crippen LogP) is 1.79. The molecule has 0 radical (unpaired) electrons. The van der Waals surface area contributed by atoms with E-state index in [1.54, 1.807) is 0 Å². The lowest BCUT2D eigenvalue weighted by Gasteiger charge is -2.27. The molecule has 1 aliphatic heterocycles. The second-order valence-electron chi connectivity index (χ2n) is 4.90. The van der Waals surface area contributed by atoms with Gasteiger partial charge in [-0.25, -0.2) is 0 Å². The summed E-state index contributed by atoms with van der Waals surface area (Å²) in [7, 11) is 0. The van der Waals surface area contributed by atoms with Crippen LogP contribution < -0.4 is 0 Å². The van der Waals surface area contributed by atoms with Crippen LogP contribution in [0.25, 0.3) is 0 Å². The number of aldehydes is 1. The fourth-order valence-corrected chi connectivity index (χ4v) is 2.77. The lowest BCUT2D eigenvalue weighted by Crippen LogP contribution is -2.47. The van der Waals surface area contributed by atoms with Gasteiger partial charge in [0.1, 0.15) is 0 Å². The van der Waals surface area contributed by atoms with Gasteiger partial charge in [0.05, 0.1) is 0 Å². The molecule has 0 amide bonds. The Labute approximate surface area is 128 Å². The Kier molecular flexibility index (Phi) is 4.57. The number of halogens is 3. The first kappa shape index (κ1) is 16.2. The molecule has 0 bridgehead atoms. The number of nitrogens with zero attached hydrogens (tertiary/aromatic N) is 1. The van der Waals surface area contributed by atoms with Crippen molar-refractivity contribution in [3.05, 3.63) is 46.0 Å². The van der Waals surface area contributed by atoms with E-state index in [4.69, 9.17) is 10.2 Å². The van der Waals surface area contributed by atoms with Gasteiger partial charge in [0.25, 0.3) is 5.79 Å². The Morgan fingerprint density at radius 3 is 2.43 bits per heavy atom. The van der Waals surface area contributed by atoms with Crippen molar-refractivity contribution < 1.29 is 23.8 Å². The SMILES string of the molecule is O=CC(O)(O)C(F)(F)c1ccc(CN2CC=CC2)cc1Br. The third-order valence-electron chi connectivity index (χ3n) is 3.30. The van der Waals surface area contributed by atoms with E-state index in [1.165, 1.54) is 12.1 Å². The fourth-order valence-electron chi connectivity index (χ4n) is 2.09. The van der Waals surface area contributed by atoms with Gasteiger partial charge in [-0.1, -0.05) is 40.2 Å². The highest BCUT2D eigenvalue weighted by atomic mass is 79.9. The molecule has 2 rings (SSSR count). The molecule has 0 fully saturated rings. The van der Waals surface area contributed by atoms with Crippen LogP contribution in [-0.4, -0.2) is 40.3 Å². The van der Waals surface area contributed by atoms with Crippen LogP contribution in [0.5, 0.6) is 0 Å². The van der Waals surface area contributed by atoms with Crippen LogP contribution in [0.4, 0.5) is 8.78 Å². The Morgan fingerprint density at radius 2 is 1.90 bits per heavy atom. The number of benzene rings is 1. The molecule has 1 aliphatic rings. The molecule has 0 saturated carbocycles. The van der Waals surface area contributed by atoms with Crippen molar-refractivity contribution in [3.8, 4) is 0 Å². The van der Waals surface area contributed by atoms with Gasteiger partial charge in [0.2, 0.25) is 0 Å². The monoisotopic (exact) mass is 361 g/mol. The molecular weight excluding hydrogens is 348 g/mol. The molecule has 0 aliphatic carbocycles. The van der Waals surface area contributed by atoms with Gasteiger partial charge in [-0.15, -0.1) is 0 Å². The van der Waals surface area contributed by atoms with E-state index < -0.39 is 23.6 Å². The molecule has 21 heavy (non-hydrogen) atoms. The van der Waals surface area contributed by atoms with E-state index in [-0.39, 0.29) is 4.47 Å². The van der Waals surface area contributed by atoms with E-state index >= 15 is 0 Å². The van der Waals surface area contributed by atoms with Crippen molar-refractivity contribution in [3.63, 3.8) is 0 Å². The molecule has 0 atom stereocenters. The second-order valence-corrected chi connectivity index (χ2v) is 5.75. The van der Waals surface area contributed by atoms with Crippen molar-refractivity contribution in [1.82, 2.24) is 4.90 Å². The fraction of sp³-hybridized carbons (Fsp3) is 0.357. The standard InChI is InChI=1S/C14H14BrF2NO3/c15-12-7-10(8-18-5-1-2-6-18)3-4-11(12)14(16,17)13(20,21)9-19/h1-4,7,9,20-21H,5-6,8H2. The Balaban J connectivity index is 2.24. The van der Waals surface area contributed by atoms with Gasteiger partial charge in [0.15, 0.2) is 6.29 Å². The smallest absolute Gasteiger partial charge is 0.333 e. The summed E-state index contributed by atoms with van der Waals surface area (Å²) in [6, 6.07) is 4.06. The topological polar surface area (TPSA) is 60.8 Å². The maximum Gasteiger partial charge on any atom is 0.333 e. The lowest BCUT2D eigenvalue weighted by atomic mass is 9.99. The van der Waals surface area contributed by atoms with Crippen molar-refractivity contribution in [2.24, 2.45) is 0 Å². The average molecular weight is 362 g/mol. The number of carbonyl (C=O) groups excluding carboxylic acids is 1. The molecule has 0 spiro atoms. The number of aliphatic hydroxyl groups is 2. The van der Waals surface area contributed by atoms with Gasteiger partial charge in [-0.3, -0.25) is 9.69 Å². The van der Waals surface area contributed by atoms with Crippen molar-refractivity contribution in [1.29, 1.82) is 0 Å². The minimum Gasteiger partial charge on any atom is -0.355 e. The molecule has 0 aromatic heterocycles. The number of rotatable bonds is 5. The molecule has 4 nitrogen and oxygen atoms in total. The summed E-state index contributed by atoms with van der Waals surface area (Å²) in [4.78, 5) is 12.6. The van der Waals surface area contributed by atoms with Crippen molar-refractivity contribution in [2.75, 3.05) is 13.1 Å². The van der Waals surface area contributed by atoms with Gasteiger partial charge < -0.3 is 10.2 Å². The van der Waals surface area contributed by atoms with Crippen LogP contribution in [0.2, 0.25) is 0 Å². The van der Waals surface area contributed by atoms with Crippen LogP contribution in [0.3, 0.4) is 0 Å². The van der Waals surface area contributed by atoms with E-state index in [0.29, 0.717) is 6.54 Å². The Hall–Kier alpha value is -1.15. The van der Waals surface area contributed by atoms with Crippen LogP contribution in [0.15, 0.2) is 34.8 Å². The predicted molar refractivity (Wildman–Crippen MR) is 75.7 cm³/mol. The summed E-state index contributed by atoms with van der Waals surface area (Å²) < 4.78 is 27.9. The largest absolute Gasteiger partial charge is 0.355 e. The first-order valence-electron chi connectivity index (χ1n) is 6.23. The van der Waals surface area contributed by atoms with Crippen LogP contribution in [0, 0.1) is 0 Å². The molecule has 1 aromatic rings. The molecule has 0 saturated heterocycles. The van der Waals surface area contributed by atoms with Crippen LogP contribution >= 0.6 is 15.9 Å². The van der Waals surface area contributed by atoms with E-state index in [9.17, 15) is 13.6 Å². The Bertz CT molecular complexity index is 567. The lowest BCUT2D eigenvalue weighted by molar-refractivity contribution is -0.275. The minimum atomic E-state index is -4.11. The zero-order chi connectivity index (χ0) is 15.7. The quantitative estimate of drug-likeness (QED) is 0.477. The van der Waals surface area contributed by atoms with Gasteiger partial charge in [0, 0.05) is 29.7 Å². The number of alkyl halides is 2. The zero-order valence-corrected chi connectivity index (χ0v) is 12.6. The first-order valence-corrected chi connectivity index (χ1v) is 7.02. The molecule has 2 N–H and O–H groups in total. The normalized spacial score (nSPS) is 16.4. The molecule has 114 valence electrons. The molecular formula is C14H14BrF2NO3. The van der Waals surface area contributed by atoms with Gasteiger partial charge in [-0.2, -0.15) is 8.78 Å². The second kappa shape index (κ2) is 5.92. The van der Waals surface area contributed by atoms with Gasteiger partial charge in [-0.05, 0) is 11.6 Å². The van der Waals surface area contributed by atoms with E-state index in [1.807, 2.05) is 12.2 Å². The summed E-state index contributed by atoms with van der Waals surface area (Å²) in [5.74, 6) is -7.85. The Morgan fingerprint density at radius 1 is 1.29 bits per heavy atom. The average Bonchev–Trinajstić information content (AvgIpc) is 2.91. The summed E-state index contributed by atoms with van der Waals surface area (Å²) in [6.07, 6.45) is 3.46. The molecule has 1 aromatic carbocycles. The van der Waals surface area contributed by atoms with E-state index in [0.717, 1.165) is 24.7 Å². The third kappa shape index (κ3) is 3.21. The summed E-state index contributed by atoms with van der Waals surface area (Å²) in [6.45, 7) is 2.20. The third-order valence-corrected chi connectivity index (χ3v) is 3.95. The zero-order valence-electron chi connectivity index (χ0n) is 11.0. The summed E-state index contributed by atoms with van der Waals surface area (Å²) in [5.41, 5.74) is 0.153. The summed E-state index contributed by atoms with van der Waals surface area (Å²) in [5, 5.41) is 18.3.